The van der Waals surface area contributed by atoms with Gasteiger partial charge in [0.2, 0.25) is 0 Å². The van der Waals surface area contributed by atoms with Crippen molar-refractivity contribution in [2.75, 3.05) is 32.7 Å². The number of esters is 1. The maximum Gasteiger partial charge on any atom is 0.472 e. The highest BCUT2D eigenvalue weighted by Gasteiger charge is 2.52. The highest BCUT2D eigenvalue weighted by atomic mass is 32.7. The summed E-state index contributed by atoms with van der Waals surface area (Å²) in [6, 6.07) is 13.7. The van der Waals surface area contributed by atoms with Gasteiger partial charge in [0.1, 0.15) is 41.7 Å². The normalized spacial score (nSPS) is 23.3. The summed E-state index contributed by atoms with van der Waals surface area (Å²) in [7, 11) is -3.80. The van der Waals surface area contributed by atoms with Gasteiger partial charge in [-0.15, -0.1) is 0 Å². The predicted octanol–water partition coefficient (Wildman–Crippen LogP) is 6.99. The second-order valence-corrected chi connectivity index (χ2v) is 21.3. The number of rotatable bonds is 24. The lowest BCUT2D eigenvalue weighted by Crippen LogP contribution is -2.36. The number of fused-ring (bicyclic) bond motifs is 1. The van der Waals surface area contributed by atoms with Crippen LogP contribution in [0.15, 0.2) is 83.0 Å². The fourth-order valence-corrected chi connectivity index (χ4v) is 11.1. The number of carbonyl (C=O) groups excluding carboxylic acids is 1. The topological polar surface area (TPSA) is 270 Å². The molecule has 2 fully saturated rings. The van der Waals surface area contributed by atoms with E-state index in [-0.39, 0.29) is 34.9 Å². The molecule has 2 aliphatic rings. The standard InChI is InChI=1S/C42H51F2N7O14P2S/c1-3-4-5-6-7-8-19-59-28-15-11-27(12-16-28)41(53)63-29-13-9-26(10-14-29)23-68-67(57,61-21-30-20-31(43)39(62-30)51-25-48-35-37(45)46-24-47-38(35)51)65-36-32(22-60-66(55,56)58-2)64-40(34(36)44)50-18-17-33(52)49-42(50)54/h9-18,24-25,30-32,34,36,39-40H,3-8,19-23H2,1-2H3,(H,55,56)(H2,45,46,47)(H,49,52,54)/t30-,31+,32+,34+,36+,39+,40+,67?/m0/s1. The summed E-state index contributed by atoms with van der Waals surface area (Å²) in [6.45, 7) is -3.29. The van der Waals surface area contributed by atoms with Crippen LogP contribution in [0, 0.1) is 0 Å². The van der Waals surface area contributed by atoms with Gasteiger partial charge in [0.05, 0.1) is 37.8 Å². The summed E-state index contributed by atoms with van der Waals surface area (Å²) in [4.78, 5) is 61.6. The zero-order chi connectivity index (χ0) is 48.4. The van der Waals surface area contributed by atoms with Gasteiger partial charge < -0.3 is 29.6 Å². The number of hydrogen-bond acceptors (Lipinski definition) is 18. The lowest BCUT2D eigenvalue weighted by atomic mass is 10.1. The van der Waals surface area contributed by atoms with E-state index in [4.69, 9.17) is 38.3 Å². The van der Waals surface area contributed by atoms with Crippen molar-refractivity contribution in [1.29, 1.82) is 0 Å². The minimum Gasteiger partial charge on any atom is -0.494 e. The number of imidazole rings is 1. The van der Waals surface area contributed by atoms with Crippen LogP contribution in [-0.4, -0.2) is 97.5 Å². The number of halogens is 2. The Balaban J connectivity index is 1.04. The van der Waals surface area contributed by atoms with Crippen LogP contribution in [0.3, 0.4) is 0 Å². The van der Waals surface area contributed by atoms with Crippen molar-refractivity contribution in [1.82, 2.24) is 29.1 Å². The highest BCUT2D eigenvalue weighted by molar-refractivity contribution is 8.54. The molecule has 0 amide bonds. The van der Waals surface area contributed by atoms with E-state index in [1.54, 1.807) is 36.4 Å². The van der Waals surface area contributed by atoms with Gasteiger partial charge in [-0.25, -0.2) is 42.5 Å². The molecular weight excluding hydrogens is 959 g/mol. The van der Waals surface area contributed by atoms with Crippen LogP contribution < -0.4 is 26.5 Å². The maximum atomic E-state index is 16.6. The summed E-state index contributed by atoms with van der Waals surface area (Å²) in [5, 5.41) is 0. The first-order chi connectivity index (χ1) is 32.7. The highest BCUT2D eigenvalue weighted by Crippen LogP contribution is 2.64. The molecule has 26 heteroatoms. The van der Waals surface area contributed by atoms with E-state index in [0.29, 0.717) is 39.4 Å². The number of phosphoric ester groups is 1. The van der Waals surface area contributed by atoms with Crippen molar-refractivity contribution >= 4 is 49.0 Å². The van der Waals surface area contributed by atoms with Gasteiger partial charge in [0, 0.05) is 31.5 Å². The van der Waals surface area contributed by atoms with E-state index < -0.39 is 88.2 Å². The molecule has 2 saturated heterocycles. The van der Waals surface area contributed by atoms with Crippen molar-refractivity contribution in [3.8, 4) is 11.5 Å². The number of nitrogens with zero attached hydrogens (tertiary/aromatic N) is 5. The summed E-state index contributed by atoms with van der Waals surface area (Å²) >= 11 is 0.602. The second-order valence-electron chi connectivity index (χ2n) is 15.7. The predicted molar refractivity (Wildman–Crippen MR) is 243 cm³/mol. The number of anilines is 1. The average Bonchev–Trinajstić information content (AvgIpc) is 4.02. The number of hydrogen-bond donors (Lipinski definition) is 3. The number of nitrogens with two attached hydrogens (primary N) is 1. The molecule has 3 aromatic heterocycles. The van der Waals surface area contributed by atoms with E-state index in [0.717, 1.165) is 32.2 Å². The molecular formula is C42H51F2N7O14P2S. The van der Waals surface area contributed by atoms with Crippen LogP contribution in [0.2, 0.25) is 0 Å². The molecule has 2 aromatic carbocycles. The molecule has 0 spiro atoms. The van der Waals surface area contributed by atoms with Crippen LogP contribution >= 0.6 is 26.0 Å². The summed E-state index contributed by atoms with van der Waals surface area (Å²) in [5.41, 5.74) is 5.30. The van der Waals surface area contributed by atoms with Gasteiger partial charge in [-0.05, 0) is 59.8 Å². The first-order valence-electron chi connectivity index (χ1n) is 21.6. The Bertz CT molecular complexity index is 2700. The number of nitrogen functional groups attached to an aromatic ring is 1. The molecule has 0 aliphatic carbocycles. The molecule has 2 unspecified atom stereocenters. The Morgan fingerprint density at radius 3 is 2.40 bits per heavy atom. The Morgan fingerprint density at radius 1 is 0.926 bits per heavy atom. The number of aromatic nitrogens is 6. The van der Waals surface area contributed by atoms with Gasteiger partial charge in [-0.1, -0.05) is 51.2 Å². The van der Waals surface area contributed by atoms with Crippen molar-refractivity contribution in [2.45, 2.75) is 101 Å². The summed E-state index contributed by atoms with van der Waals surface area (Å²) in [5.74, 6) is 0.174. The van der Waals surface area contributed by atoms with Crippen LogP contribution in [-0.2, 0) is 42.5 Å². The number of benzene rings is 2. The maximum absolute atomic E-state index is 16.6. The molecule has 368 valence electrons. The monoisotopic (exact) mass is 1010 g/mol. The van der Waals surface area contributed by atoms with Crippen LogP contribution in [0.5, 0.6) is 11.5 Å². The van der Waals surface area contributed by atoms with Gasteiger partial charge >= 0.3 is 26.3 Å². The largest absolute Gasteiger partial charge is 0.494 e. The smallest absolute Gasteiger partial charge is 0.472 e. The number of unbranched alkanes of at least 4 members (excludes halogenated alkanes) is 5. The molecule has 7 rings (SSSR count). The third kappa shape index (κ3) is 13.1. The van der Waals surface area contributed by atoms with Crippen LogP contribution in [0.4, 0.5) is 14.6 Å². The molecule has 0 bridgehead atoms. The van der Waals surface area contributed by atoms with Crippen LogP contribution in [0.25, 0.3) is 11.2 Å². The number of phosphoric acid groups is 1. The Morgan fingerprint density at radius 2 is 1.66 bits per heavy atom. The minimum absolute atomic E-state index is 0.0702. The van der Waals surface area contributed by atoms with Crippen molar-refractivity contribution in [2.24, 2.45) is 0 Å². The van der Waals surface area contributed by atoms with E-state index >= 15 is 8.78 Å². The zero-order valence-corrected chi connectivity index (χ0v) is 39.5. The first-order valence-corrected chi connectivity index (χ1v) is 26.3. The lowest BCUT2D eigenvalue weighted by Gasteiger charge is -2.26. The molecule has 5 aromatic rings. The summed E-state index contributed by atoms with van der Waals surface area (Å²) < 4.78 is 106. The Hall–Kier alpha value is -4.87. The molecule has 21 nitrogen and oxygen atoms in total. The molecule has 68 heavy (non-hydrogen) atoms. The average molecular weight is 1010 g/mol. The van der Waals surface area contributed by atoms with E-state index in [9.17, 15) is 28.4 Å². The van der Waals surface area contributed by atoms with Crippen molar-refractivity contribution < 1.29 is 64.6 Å². The van der Waals surface area contributed by atoms with Crippen molar-refractivity contribution in [3.05, 3.63) is 105 Å². The molecule has 0 saturated carbocycles. The molecule has 9 atom stereocenters. The second kappa shape index (κ2) is 23.2. The van der Waals surface area contributed by atoms with E-state index in [1.807, 2.05) is 4.98 Å². The third-order valence-corrected chi connectivity index (χ3v) is 15.5. The number of ether oxygens (including phenoxy) is 4. The SMILES string of the molecule is CCCCCCCCOc1ccc(C(=O)Oc2ccc(CSP(=O)(OC[C@@H]3C[C@@H](F)[C@H](n4cnc5c(N)ncnc54)O3)O[C@H]3[C@@H](F)[C@H](n4ccc(=O)[nH]c4=O)O[C@@H]3COP(=O)(O)OC)cc2)cc1. The van der Waals surface area contributed by atoms with Gasteiger partial charge in [0.15, 0.2) is 30.1 Å². The number of nitrogens with one attached hydrogen (secondary N) is 1. The van der Waals surface area contributed by atoms with Gasteiger partial charge in [0.25, 0.3) is 5.56 Å². The number of aromatic amines is 1. The van der Waals surface area contributed by atoms with Crippen LogP contribution in [0.1, 0.15) is 80.2 Å². The Labute approximate surface area is 391 Å². The molecule has 2 aliphatic heterocycles. The van der Waals surface area contributed by atoms with E-state index in [1.165, 1.54) is 55.0 Å². The number of carbonyl (C=O) groups is 1. The Kier molecular flexibility index (Phi) is 17.4. The molecule has 5 heterocycles. The third-order valence-electron chi connectivity index (χ3n) is 10.9. The van der Waals surface area contributed by atoms with Crippen molar-refractivity contribution in [3.63, 3.8) is 0 Å². The molecule has 0 radical (unpaired) electrons. The molecule has 4 N–H and O–H groups in total. The van der Waals surface area contributed by atoms with Gasteiger partial charge in [-0.2, -0.15) is 0 Å². The lowest BCUT2D eigenvalue weighted by molar-refractivity contribution is -0.0491. The number of H-pyrrole nitrogens is 1. The van der Waals surface area contributed by atoms with E-state index in [2.05, 4.69) is 26.4 Å². The number of alkyl halides is 2. The van der Waals surface area contributed by atoms with Gasteiger partial charge in [-0.3, -0.25) is 37.0 Å². The minimum atomic E-state index is -4.69. The first kappa shape index (κ1) is 51.0. The zero-order valence-electron chi connectivity index (χ0n) is 36.9. The fraction of sp³-hybridized carbons (Fsp3) is 0.476. The summed E-state index contributed by atoms with van der Waals surface area (Å²) in [6.07, 6.45) is -1.59. The fourth-order valence-electron chi connectivity index (χ4n) is 7.29. The quantitative estimate of drug-likeness (QED) is 0.0243.